The van der Waals surface area contributed by atoms with E-state index in [9.17, 15) is 0 Å². The van der Waals surface area contributed by atoms with Gasteiger partial charge in [-0.1, -0.05) is 13.3 Å². The molecule has 0 spiro atoms. The molecule has 0 amide bonds. The van der Waals surface area contributed by atoms with E-state index in [2.05, 4.69) is 12.2 Å². The molecule has 0 heterocycles. The molecule has 2 atom stereocenters. The zero-order chi connectivity index (χ0) is 10.7. The summed E-state index contributed by atoms with van der Waals surface area (Å²) in [5.41, 5.74) is 0. The molecule has 0 radical (unpaired) electrons. The maximum absolute atomic E-state index is 5.40. The van der Waals surface area contributed by atoms with Crippen LogP contribution in [0.15, 0.2) is 0 Å². The molecule has 15 heavy (non-hydrogen) atoms. The second-order valence-electron chi connectivity index (χ2n) is 5.39. The highest BCUT2D eigenvalue weighted by Crippen LogP contribution is 2.28. The Morgan fingerprint density at radius 3 is 2.27 bits per heavy atom. The molecule has 0 aliphatic heterocycles. The third kappa shape index (κ3) is 2.94. The lowest BCUT2D eigenvalue weighted by atomic mass is 9.91. The monoisotopic (exact) mass is 211 g/mol. The van der Waals surface area contributed by atoms with Crippen molar-refractivity contribution < 1.29 is 4.74 Å². The Morgan fingerprint density at radius 2 is 1.73 bits per heavy atom. The molecule has 88 valence electrons. The summed E-state index contributed by atoms with van der Waals surface area (Å²) in [4.78, 5) is 0. The third-order valence-electron chi connectivity index (χ3n) is 4.32. The van der Waals surface area contributed by atoms with Crippen LogP contribution in [0.5, 0.6) is 0 Å². The largest absolute Gasteiger partial charge is 0.381 e. The molecule has 2 unspecified atom stereocenters. The van der Waals surface area contributed by atoms with E-state index >= 15 is 0 Å². The van der Waals surface area contributed by atoms with Crippen LogP contribution in [0.3, 0.4) is 0 Å². The quantitative estimate of drug-likeness (QED) is 0.775. The summed E-state index contributed by atoms with van der Waals surface area (Å²) in [6.07, 6.45) is 9.88. The van der Waals surface area contributed by atoms with Crippen molar-refractivity contribution in [2.24, 2.45) is 5.92 Å². The lowest BCUT2D eigenvalue weighted by Gasteiger charge is -2.31. The van der Waals surface area contributed by atoms with E-state index in [1.807, 2.05) is 7.11 Å². The van der Waals surface area contributed by atoms with Crippen LogP contribution in [0.2, 0.25) is 0 Å². The maximum atomic E-state index is 5.40. The van der Waals surface area contributed by atoms with Gasteiger partial charge in [-0.05, 0) is 44.4 Å². The average molecular weight is 211 g/mol. The molecule has 2 saturated carbocycles. The molecule has 2 aliphatic carbocycles. The molecule has 1 N–H and O–H groups in total. The van der Waals surface area contributed by atoms with Crippen LogP contribution in [0.1, 0.15) is 51.9 Å². The van der Waals surface area contributed by atoms with Crippen LogP contribution >= 0.6 is 0 Å². The first-order chi connectivity index (χ1) is 7.29. The Kier molecular flexibility index (Phi) is 4.04. The maximum Gasteiger partial charge on any atom is 0.0572 e. The molecule has 2 heteroatoms. The molecular formula is C13H25NO. The summed E-state index contributed by atoms with van der Waals surface area (Å²) < 4.78 is 5.40. The first-order valence-corrected chi connectivity index (χ1v) is 6.58. The normalized spacial score (nSPS) is 42.0. The van der Waals surface area contributed by atoms with Gasteiger partial charge in [-0.3, -0.25) is 0 Å². The van der Waals surface area contributed by atoms with Crippen molar-refractivity contribution >= 4 is 0 Å². The highest BCUT2D eigenvalue weighted by Gasteiger charge is 2.27. The first kappa shape index (κ1) is 11.4. The van der Waals surface area contributed by atoms with Gasteiger partial charge in [-0.15, -0.1) is 0 Å². The summed E-state index contributed by atoms with van der Waals surface area (Å²) in [5.74, 6) is 0.894. The van der Waals surface area contributed by atoms with Crippen LogP contribution in [-0.4, -0.2) is 25.3 Å². The molecule has 0 aromatic rings. The number of ether oxygens (including phenoxy) is 1. The lowest BCUT2D eigenvalue weighted by Crippen LogP contribution is -2.42. The van der Waals surface area contributed by atoms with Crippen LogP contribution < -0.4 is 5.32 Å². The van der Waals surface area contributed by atoms with E-state index in [1.54, 1.807) is 0 Å². The zero-order valence-electron chi connectivity index (χ0n) is 10.2. The van der Waals surface area contributed by atoms with Gasteiger partial charge < -0.3 is 10.1 Å². The molecule has 2 rings (SSSR count). The van der Waals surface area contributed by atoms with Crippen molar-refractivity contribution in [2.75, 3.05) is 7.11 Å². The van der Waals surface area contributed by atoms with Crippen molar-refractivity contribution in [3.63, 3.8) is 0 Å². The predicted octanol–water partition coefficient (Wildman–Crippen LogP) is 2.72. The molecule has 0 aromatic carbocycles. The predicted molar refractivity (Wildman–Crippen MR) is 63.0 cm³/mol. The van der Waals surface area contributed by atoms with Crippen molar-refractivity contribution in [2.45, 2.75) is 70.1 Å². The van der Waals surface area contributed by atoms with Crippen molar-refractivity contribution in [1.29, 1.82) is 0 Å². The number of hydrogen-bond donors (Lipinski definition) is 1. The Balaban J connectivity index is 1.72. The Bertz CT molecular complexity index is 187. The molecule has 0 saturated heterocycles. The van der Waals surface area contributed by atoms with Crippen molar-refractivity contribution in [3.8, 4) is 0 Å². The molecule has 0 bridgehead atoms. The standard InChI is InChI=1S/C13H25NO/c1-10-4-3-5-13(10)14-11-6-8-12(15-2)9-7-11/h10-14H,3-9H2,1-2H3. The molecule has 2 fully saturated rings. The van der Waals surface area contributed by atoms with E-state index in [0.29, 0.717) is 6.10 Å². The van der Waals surface area contributed by atoms with Crippen LogP contribution in [-0.2, 0) is 4.74 Å². The van der Waals surface area contributed by atoms with E-state index < -0.39 is 0 Å². The molecular weight excluding hydrogens is 186 g/mol. The van der Waals surface area contributed by atoms with E-state index in [1.165, 1.54) is 44.9 Å². The Labute approximate surface area is 93.8 Å². The minimum absolute atomic E-state index is 0.532. The minimum Gasteiger partial charge on any atom is -0.381 e. The number of nitrogens with one attached hydrogen (secondary N) is 1. The van der Waals surface area contributed by atoms with Gasteiger partial charge in [0.15, 0.2) is 0 Å². The number of rotatable bonds is 3. The van der Waals surface area contributed by atoms with Crippen molar-refractivity contribution in [1.82, 2.24) is 5.32 Å². The van der Waals surface area contributed by atoms with Gasteiger partial charge in [-0.2, -0.15) is 0 Å². The zero-order valence-corrected chi connectivity index (χ0v) is 10.2. The van der Waals surface area contributed by atoms with E-state index in [0.717, 1.165) is 18.0 Å². The molecule has 0 aromatic heterocycles. The second-order valence-corrected chi connectivity index (χ2v) is 5.39. The summed E-state index contributed by atoms with van der Waals surface area (Å²) in [6, 6.07) is 1.57. The van der Waals surface area contributed by atoms with Crippen LogP contribution in [0, 0.1) is 5.92 Å². The summed E-state index contributed by atoms with van der Waals surface area (Å²) in [5, 5.41) is 3.86. The van der Waals surface area contributed by atoms with Crippen LogP contribution in [0.25, 0.3) is 0 Å². The fraction of sp³-hybridized carbons (Fsp3) is 1.00. The van der Waals surface area contributed by atoms with Gasteiger partial charge in [-0.25, -0.2) is 0 Å². The number of methoxy groups -OCH3 is 1. The minimum atomic E-state index is 0.532. The third-order valence-corrected chi connectivity index (χ3v) is 4.32. The Morgan fingerprint density at radius 1 is 1.00 bits per heavy atom. The van der Waals surface area contributed by atoms with Crippen molar-refractivity contribution in [3.05, 3.63) is 0 Å². The summed E-state index contributed by atoms with van der Waals surface area (Å²) in [6.45, 7) is 2.39. The highest BCUT2D eigenvalue weighted by molar-refractivity contribution is 4.86. The molecule has 2 nitrogen and oxygen atoms in total. The molecule has 2 aliphatic rings. The summed E-state index contributed by atoms with van der Waals surface area (Å²) >= 11 is 0. The lowest BCUT2D eigenvalue weighted by molar-refractivity contribution is 0.0605. The smallest absolute Gasteiger partial charge is 0.0572 e. The fourth-order valence-electron chi connectivity index (χ4n) is 3.16. The highest BCUT2D eigenvalue weighted by atomic mass is 16.5. The topological polar surface area (TPSA) is 21.3 Å². The first-order valence-electron chi connectivity index (χ1n) is 6.58. The average Bonchev–Trinajstić information content (AvgIpc) is 2.66. The van der Waals surface area contributed by atoms with Gasteiger partial charge in [0.2, 0.25) is 0 Å². The fourth-order valence-corrected chi connectivity index (χ4v) is 3.16. The van der Waals surface area contributed by atoms with Gasteiger partial charge in [0.25, 0.3) is 0 Å². The number of hydrogen-bond acceptors (Lipinski definition) is 2. The van der Waals surface area contributed by atoms with E-state index in [-0.39, 0.29) is 0 Å². The van der Waals surface area contributed by atoms with E-state index in [4.69, 9.17) is 4.74 Å². The summed E-state index contributed by atoms with van der Waals surface area (Å²) in [7, 11) is 1.84. The Hall–Kier alpha value is -0.0800. The second kappa shape index (κ2) is 5.31. The van der Waals surface area contributed by atoms with Gasteiger partial charge in [0.1, 0.15) is 0 Å². The SMILES string of the molecule is COC1CCC(NC2CCCC2C)CC1. The van der Waals surface area contributed by atoms with Gasteiger partial charge >= 0.3 is 0 Å². The van der Waals surface area contributed by atoms with Gasteiger partial charge in [0, 0.05) is 19.2 Å². The van der Waals surface area contributed by atoms with Gasteiger partial charge in [0.05, 0.1) is 6.10 Å². The van der Waals surface area contributed by atoms with Crippen LogP contribution in [0.4, 0.5) is 0 Å².